The molecular weight excluding hydrogens is 374 g/mol. The number of hydrogen-bond donors (Lipinski definition) is 1. The van der Waals surface area contributed by atoms with Crippen molar-refractivity contribution in [3.05, 3.63) is 62.6 Å². The van der Waals surface area contributed by atoms with Gasteiger partial charge in [0.1, 0.15) is 0 Å². The van der Waals surface area contributed by atoms with Crippen molar-refractivity contribution in [1.29, 1.82) is 0 Å². The Morgan fingerprint density at radius 3 is 2.58 bits per heavy atom. The molecule has 1 aliphatic rings. The van der Waals surface area contributed by atoms with Crippen molar-refractivity contribution >= 4 is 38.9 Å². The normalized spacial score (nSPS) is 13.8. The molecular formula is C17H16BrN3O3. The molecule has 3 rings (SSSR count). The predicted molar refractivity (Wildman–Crippen MR) is 96.6 cm³/mol. The van der Waals surface area contributed by atoms with E-state index >= 15 is 0 Å². The van der Waals surface area contributed by atoms with Gasteiger partial charge in [0, 0.05) is 29.7 Å². The summed E-state index contributed by atoms with van der Waals surface area (Å²) < 4.78 is 0.518. The van der Waals surface area contributed by atoms with Crippen LogP contribution in [-0.2, 0) is 0 Å². The lowest BCUT2D eigenvalue weighted by Gasteiger charge is -2.21. The van der Waals surface area contributed by atoms with Crippen molar-refractivity contribution in [2.75, 3.05) is 23.3 Å². The topological polar surface area (TPSA) is 75.5 Å². The zero-order valence-corrected chi connectivity index (χ0v) is 14.5. The van der Waals surface area contributed by atoms with Gasteiger partial charge < -0.3 is 10.2 Å². The SMILES string of the molecule is O=C(Nc1ccccc1N1CCCC1)c1cc([N+](=O)[O-])ccc1Br. The molecule has 6 nitrogen and oxygen atoms in total. The summed E-state index contributed by atoms with van der Waals surface area (Å²) in [5.41, 5.74) is 1.81. The number of benzene rings is 2. The smallest absolute Gasteiger partial charge is 0.270 e. The molecule has 1 N–H and O–H groups in total. The fourth-order valence-corrected chi connectivity index (χ4v) is 3.23. The number of para-hydroxylation sites is 2. The standard InChI is InChI=1S/C17H16BrN3O3/c18-14-8-7-12(21(23)24)11-13(14)17(22)19-15-5-1-2-6-16(15)20-9-3-4-10-20/h1-2,5-8,11H,3-4,9-10H2,(H,19,22). The largest absolute Gasteiger partial charge is 0.370 e. The van der Waals surface area contributed by atoms with Gasteiger partial charge >= 0.3 is 0 Å². The predicted octanol–water partition coefficient (Wildman–Crippen LogP) is 4.21. The highest BCUT2D eigenvalue weighted by molar-refractivity contribution is 9.10. The molecule has 0 atom stereocenters. The maximum absolute atomic E-state index is 12.6. The van der Waals surface area contributed by atoms with Crippen LogP contribution in [0.4, 0.5) is 17.1 Å². The van der Waals surface area contributed by atoms with E-state index in [9.17, 15) is 14.9 Å². The van der Waals surface area contributed by atoms with Crippen LogP contribution in [-0.4, -0.2) is 23.9 Å². The lowest BCUT2D eigenvalue weighted by molar-refractivity contribution is -0.384. The van der Waals surface area contributed by atoms with Gasteiger partial charge in [0.15, 0.2) is 0 Å². The van der Waals surface area contributed by atoms with E-state index in [4.69, 9.17) is 0 Å². The molecule has 1 heterocycles. The summed E-state index contributed by atoms with van der Waals surface area (Å²) >= 11 is 3.28. The van der Waals surface area contributed by atoms with E-state index in [1.54, 1.807) is 0 Å². The highest BCUT2D eigenvalue weighted by Crippen LogP contribution is 2.30. The fraction of sp³-hybridized carbons (Fsp3) is 0.235. The van der Waals surface area contributed by atoms with Crippen molar-refractivity contribution in [3.63, 3.8) is 0 Å². The molecule has 0 unspecified atom stereocenters. The fourth-order valence-electron chi connectivity index (χ4n) is 2.80. The molecule has 24 heavy (non-hydrogen) atoms. The van der Waals surface area contributed by atoms with Gasteiger partial charge in [0.25, 0.3) is 11.6 Å². The number of halogens is 1. The maximum atomic E-state index is 12.6. The number of amides is 1. The van der Waals surface area contributed by atoms with Gasteiger partial charge in [-0.15, -0.1) is 0 Å². The van der Waals surface area contributed by atoms with Crippen molar-refractivity contribution in [2.45, 2.75) is 12.8 Å². The van der Waals surface area contributed by atoms with Crippen LogP contribution in [0.2, 0.25) is 0 Å². The van der Waals surface area contributed by atoms with E-state index in [1.807, 2.05) is 24.3 Å². The Kier molecular flexibility index (Phi) is 4.80. The average molecular weight is 390 g/mol. The van der Waals surface area contributed by atoms with E-state index < -0.39 is 4.92 Å². The minimum atomic E-state index is -0.513. The van der Waals surface area contributed by atoms with Crippen LogP contribution in [0.3, 0.4) is 0 Å². The number of rotatable bonds is 4. The van der Waals surface area contributed by atoms with Gasteiger partial charge in [-0.1, -0.05) is 12.1 Å². The Balaban J connectivity index is 1.88. The first-order valence-corrected chi connectivity index (χ1v) is 8.45. The Labute approximate surface area is 147 Å². The van der Waals surface area contributed by atoms with Gasteiger partial charge in [0.05, 0.1) is 21.9 Å². The van der Waals surface area contributed by atoms with Gasteiger partial charge in [0.2, 0.25) is 0 Å². The first-order chi connectivity index (χ1) is 11.6. The molecule has 2 aromatic carbocycles. The van der Waals surface area contributed by atoms with Crippen molar-refractivity contribution < 1.29 is 9.72 Å². The first-order valence-electron chi connectivity index (χ1n) is 7.65. The molecule has 1 aliphatic heterocycles. The van der Waals surface area contributed by atoms with Crippen LogP contribution in [0.1, 0.15) is 23.2 Å². The van der Waals surface area contributed by atoms with Crippen molar-refractivity contribution in [3.8, 4) is 0 Å². The van der Waals surface area contributed by atoms with Gasteiger partial charge in [-0.2, -0.15) is 0 Å². The molecule has 124 valence electrons. The summed E-state index contributed by atoms with van der Waals surface area (Å²) in [6.07, 6.45) is 2.28. The molecule has 0 bridgehead atoms. The Hall–Kier alpha value is -2.41. The average Bonchev–Trinajstić information content (AvgIpc) is 3.09. The van der Waals surface area contributed by atoms with Crippen molar-refractivity contribution in [1.82, 2.24) is 0 Å². The lowest BCUT2D eigenvalue weighted by Crippen LogP contribution is -2.21. The zero-order chi connectivity index (χ0) is 17.1. The number of nitrogens with one attached hydrogen (secondary N) is 1. The number of hydrogen-bond acceptors (Lipinski definition) is 4. The quantitative estimate of drug-likeness (QED) is 0.627. The van der Waals surface area contributed by atoms with E-state index in [-0.39, 0.29) is 17.2 Å². The van der Waals surface area contributed by atoms with Gasteiger partial charge in [-0.3, -0.25) is 14.9 Å². The van der Waals surface area contributed by atoms with E-state index in [2.05, 4.69) is 26.1 Å². The third-order valence-electron chi connectivity index (χ3n) is 4.00. The molecule has 2 aromatic rings. The summed E-state index contributed by atoms with van der Waals surface area (Å²) in [4.78, 5) is 25.2. The van der Waals surface area contributed by atoms with Crippen LogP contribution in [0.5, 0.6) is 0 Å². The number of nitro groups is 1. The summed E-state index contributed by atoms with van der Waals surface area (Å²) in [5.74, 6) is -0.378. The number of non-ortho nitro benzene ring substituents is 1. The minimum Gasteiger partial charge on any atom is -0.370 e. The number of nitro benzene ring substituents is 1. The van der Waals surface area contributed by atoms with Gasteiger partial charge in [-0.05, 0) is 47.0 Å². The molecule has 0 saturated carbocycles. The molecule has 0 spiro atoms. The lowest BCUT2D eigenvalue weighted by atomic mass is 10.1. The molecule has 0 aromatic heterocycles. The van der Waals surface area contributed by atoms with E-state index in [1.165, 1.54) is 18.2 Å². The van der Waals surface area contributed by atoms with Crippen LogP contribution in [0.15, 0.2) is 46.9 Å². The third kappa shape index (κ3) is 3.41. The first kappa shape index (κ1) is 16.4. The zero-order valence-electron chi connectivity index (χ0n) is 12.9. The Morgan fingerprint density at radius 2 is 1.88 bits per heavy atom. The number of nitrogens with zero attached hydrogens (tertiary/aromatic N) is 2. The van der Waals surface area contributed by atoms with Crippen LogP contribution in [0, 0.1) is 10.1 Å². The molecule has 1 amide bonds. The van der Waals surface area contributed by atoms with Crippen molar-refractivity contribution in [2.24, 2.45) is 0 Å². The van der Waals surface area contributed by atoms with Crippen LogP contribution in [0.25, 0.3) is 0 Å². The van der Waals surface area contributed by atoms with Crippen LogP contribution >= 0.6 is 15.9 Å². The highest BCUT2D eigenvalue weighted by Gasteiger charge is 2.19. The number of anilines is 2. The van der Waals surface area contributed by atoms with Crippen LogP contribution < -0.4 is 10.2 Å². The second-order valence-corrected chi connectivity index (χ2v) is 6.44. The van der Waals surface area contributed by atoms with E-state index in [0.717, 1.165) is 31.6 Å². The molecule has 0 aliphatic carbocycles. The number of carbonyl (C=O) groups excluding carboxylic acids is 1. The third-order valence-corrected chi connectivity index (χ3v) is 4.70. The minimum absolute atomic E-state index is 0.115. The second-order valence-electron chi connectivity index (χ2n) is 5.59. The van der Waals surface area contributed by atoms with Gasteiger partial charge in [-0.25, -0.2) is 0 Å². The Morgan fingerprint density at radius 1 is 1.17 bits per heavy atom. The monoisotopic (exact) mass is 389 g/mol. The molecule has 0 radical (unpaired) electrons. The summed E-state index contributed by atoms with van der Waals surface area (Å²) in [5, 5.41) is 13.8. The highest BCUT2D eigenvalue weighted by atomic mass is 79.9. The molecule has 1 saturated heterocycles. The molecule has 1 fully saturated rings. The summed E-state index contributed by atoms with van der Waals surface area (Å²) in [6, 6.07) is 11.8. The summed E-state index contributed by atoms with van der Waals surface area (Å²) in [7, 11) is 0. The second kappa shape index (κ2) is 7.00. The summed E-state index contributed by atoms with van der Waals surface area (Å²) in [6.45, 7) is 1.93. The number of carbonyl (C=O) groups is 1. The molecule has 7 heteroatoms. The van der Waals surface area contributed by atoms with E-state index in [0.29, 0.717) is 10.2 Å². The Bertz CT molecular complexity index is 788. The maximum Gasteiger partial charge on any atom is 0.270 e.